The van der Waals surface area contributed by atoms with Crippen LogP contribution in [-0.2, 0) is 16.4 Å². The second-order valence-electron chi connectivity index (χ2n) is 4.34. The molecule has 1 heterocycles. The molecule has 0 amide bonds. The lowest BCUT2D eigenvalue weighted by Crippen LogP contribution is -2.25. The highest BCUT2D eigenvalue weighted by Gasteiger charge is 2.15. The van der Waals surface area contributed by atoms with E-state index in [0.717, 1.165) is 16.9 Å². The molecular formula is C13H16N2O2S2. The number of nitrogens with one attached hydrogen (secondary N) is 1. The van der Waals surface area contributed by atoms with E-state index in [1.54, 1.807) is 5.38 Å². The predicted octanol–water partition coefficient (Wildman–Crippen LogP) is 2.16. The Bertz CT molecular complexity index is 663. The summed E-state index contributed by atoms with van der Waals surface area (Å²) in [5.41, 5.74) is 8.30. The number of hydrogen-bond donors (Lipinski definition) is 2. The van der Waals surface area contributed by atoms with Crippen molar-refractivity contribution in [1.29, 1.82) is 0 Å². The van der Waals surface area contributed by atoms with Crippen LogP contribution in [-0.4, -0.2) is 15.0 Å². The number of nitrogens with two attached hydrogens (primary N) is 1. The Kier molecular flexibility index (Phi) is 4.24. The van der Waals surface area contributed by atoms with Crippen LogP contribution in [0.5, 0.6) is 0 Å². The Morgan fingerprint density at radius 1 is 1.32 bits per heavy atom. The zero-order chi connectivity index (χ0) is 13.9. The topological polar surface area (TPSA) is 72.2 Å². The molecule has 2 rings (SSSR count). The molecule has 0 aliphatic rings. The first kappa shape index (κ1) is 14.0. The first-order chi connectivity index (χ1) is 8.97. The van der Waals surface area contributed by atoms with Gasteiger partial charge in [-0.15, -0.1) is 11.3 Å². The molecule has 2 aromatic rings. The first-order valence-electron chi connectivity index (χ1n) is 5.86. The standard InChI is InChI=1S/C13H16N2O2S2/c1-10-3-2-4-11(7-10)5-6-15-19(16,17)13-8-12(14)9-18-13/h2-4,7-9,15H,5-6,14H2,1H3. The van der Waals surface area contributed by atoms with Gasteiger partial charge in [0.05, 0.1) is 0 Å². The van der Waals surface area contributed by atoms with Crippen molar-refractivity contribution < 1.29 is 8.42 Å². The van der Waals surface area contributed by atoms with Crippen molar-refractivity contribution in [3.63, 3.8) is 0 Å². The summed E-state index contributed by atoms with van der Waals surface area (Å²) in [7, 11) is -3.43. The van der Waals surface area contributed by atoms with Gasteiger partial charge in [0.25, 0.3) is 0 Å². The van der Waals surface area contributed by atoms with Crippen LogP contribution >= 0.6 is 11.3 Å². The Hall–Kier alpha value is -1.37. The molecule has 0 radical (unpaired) electrons. The Morgan fingerprint density at radius 2 is 2.11 bits per heavy atom. The molecule has 19 heavy (non-hydrogen) atoms. The molecular weight excluding hydrogens is 280 g/mol. The van der Waals surface area contributed by atoms with Gasteiger partial charge >= 0.3 is 0 Å². The van der Waals surface area contributed by atoms with Gasteiger partial charge in [-0.25, -0.2) is 13.1 Å². The smallest absolute Gasteiger partial charge is 0.250 e. The van der Waals surface area contributed by atoms with E-state index in [2.05, 4.69) is 10.8 Å². The molecule has 0 saturated heterocycles. The molecule has 0 aliphatic carbocycles. The van der Waals surface area contributed by atoms with Crippen molar-refractivity contribution in [3.05, 3.63) is 46.8 Å². The van der Waals surface area contributed by atoms with Gasteiger partial charge in [-0.1, -0.05) is 29.8 Å². The van der Waals surface area contributed by atoms with E-state index in [-0.39, 0.29) is 4.21 Å². The monoisotopic (exact) mass is 296 g/mol. The van der Waals surface area contributed by atoms with Crippen LogP contribution in [0, 0.1) is 6.92 Å². The average Bonchev–Trinajstić information content (AvgIpc) is 2.76. The van der Waals surface area contributed by atoms with Crippen LogP contribution in [0.3, 0.4) is 0 Å². The zero-order valence-electron chi connectivity index (χ0n) is 10.6. The number of hydrogen-bond acceptors (Lipinski definition) is 4. The fourth-order valence-corrected chi connectivity index (χ4v) is 3.90. The highest BCUT2D eigenvalue weighted by atomic mass is 32.2. The van der Waals surface area contributed by atoms with E-state index >= 15 is 0 Å². The van der Waals surface area contributed by atoms with Gasteiger partial charge < -0.3 is 5.73 Å². The lowest BCUT2D eigenvalue weighted by atomic mass is 10.1. The van der Waals surface area contributed by atoms with E-state index in [0.29, 0.717) is 18.7 Å². The number of nitrogen functional groups attached to an aromatic ring is 1. The third-order valence-corrected chi connectivity index (χ3v) is 5.57. The summed E-state index contributed by atoms with van der Waals surface area (Å²) in [6, 6.07) is 9.50. The van der Waals surface area contributed by atoms with Crippen LogP contribution in [0.15, 0.2) is 39.9 Å². The van der Waals surface area contributed by atoms with E-state index in [1.165, 1.54) is 11.6 Å². The summed E-state index contributed by atoms with van der Waals surface area (Å²) in [4.78, 5) is 0. The first-order valence-corrected chi connectivity index (χ1v) is 8.23. The minimum Gasteiger partial charge on any atom is -0.398 e. The quantitative estimate of drug-likeness (QED) is 0.888. The van der Waals surface area contributed by atoms with Crippen molar-refractivity contribution in [2.45, 2.75) is 17.6 Å². The highest BCUT2D eigenvalue weighted by molar-refractivity contribution is 7.91. The van der Waals surface area contributed by atoms with Crippen LogP contribution in [0.2, 0.25) is 0 Å². The van der Waals surface area contributed by atoms with Gasteiger partial charge in [0.1, 0.15) is 4.21 Å². The van der Waals surface area contributed by atoms with Gasteiger partial charge in [0.2, 0.25) is 10.0 Å². The maximum absolute atomic E-state index is 11.9. The van der Waals surface area contributed by atoms with Gasteiger partial charge in [0.15, 0.2) is 0 Å². The van der Waals surface area contributed by atoms with Gasteiger partial charge in [0, 0.05) is 17.6 Å². The average molecular weight is 296 g/mol. The largest absolute Gasteiger partial charge is 0.398 e. The molecule has 4 nitrogen and oxygen atoms in total. The van der Waals surface area contributed by atoms with Crippen LogP contribution in [0.1, 0.15) is 11.1 Å². The van der Waals surface area contributed by atoms with Crippen LogP contribution < -0.4 is 10.5 Å². The number of rotatable bonds is 5. The van der Waals surface area contributed by atoms with Crippen molar-refractivity contribution >= 4 is 27.0 Å². The summed E-state index contributed by atoms with van der Waals surface area (Å²) in [6.45, 7) is 2.39. The van der Waals surface area contributed by atoms with Crippen LogP contribution in [0.25, 0.3) is 0 Å². The number of thiophene rings is 1. The fourth-order valence-electron chi connectivity index (χ4n) is 1.74. The normalized spacial score (nSPS) is 11.6. The Balaban J connectivity index is 1.96. The number of benzene rings is 1. The minimum atomic E-state index is -3.43. The summed E-state index contributed by atoms with van der Waals surface area (Å²) in [6.07, 6.45) is 0.668. The summed E-state index contributed by atoms with van der Waals surface area (Å²) >= 11 is 1.13. The molecule has 0 atom stereocenters. The zero-order valence-corrected chi connectivity index (χ0v) is 12.2. The molecule has 1 aromatic carbocycles. The predicted molar refractivity (Wildman–Crippen MR) is 78.8 cm³/mol. The van der Waals surface area contributed by atoms with Gasteiger partial charge in [-0.05, 0) is 25.0 Å². The highest BCUT2D eigenvalue weighted by Crippen LogP contribution is 2.21. The molecule has 0 unspecified atom stereocenters. The molecule has 6 heteroatoms. The lowest BCUT2D eigenvalue weighted by molar-refractivity contribution is 0.584. The Labute approximate surface area is 117 Å². The summed E-state index contributed by atoms with van der Waals surface area (Å²) in [5, 5.41) is 1.62. The third kappa shape index (κ3) is 3.79. The van der Waals surface area contributed by atoms with Crippen molar-refractivity contribution in [2.24, 2.45) is 0 Å². The van der Waals surface area contributed by atoms with Crippen molar-refractivity contribution in [1.82, 2.24) is 4.72 Å². The molecule has 3 N–H and O–H groups in total. The lowest BCUT2D eigenvalue weighted by Gasteiger charge is -2.05. The maximum Gasteiger partial charge on any atom is 0.250 e. The summed E-state index contributed by atoms with van der Waals surface area (Å²) in [5.74, 6) is 0. The molecule has 1 aromatic heterocycles. The summed E-state index contributed by atoms with van der Waals surface area (Å²) < 4.78 is 26.7. The van der Waals surface area contributed by atoms with E-state index in [9.17, 15) is 8.42 Å². The maximum atomic E-state index is 11.9. The van der Waals surface area contributed by atoms with E-state index in [4.69, 9.17) is 5.73 Å². The van der Waals surface area contributed by atoms with Crippen molar-refractivity contribution in [2.75, 3.05) is 12.3 Å². The number of sulfonamides is 1. The van der Waals surface area contributed by atoms with E-state index in [1.807, 2.05) is 25.1 Å². The second kappa shape index (κ2) is 5.73. The number of aryl methyl sites for hydroxylation is 1. The molecule has 0 spiro atoms. The number of anilines is 1. The third-order valence-electron chi connectivity index (χ3n) is 2.65. The van der Waals surface area contributed by atoms with Crippen molar-refractivity contribution in [3.8, 4) is 0 Å². The molecule has 0 bridgehead atoms. The van der Waals surface area contributed by atoms with Crippen LogP contribution in [0.4, 0.5) is 5.69 Å². The fraction of sp³-hybridized carbons (Fsp3) is 0.231. The Morgan fingerprint density at radius 3 is 2.74 bits per heavy atom. The second-order valence-corrected chi connectivity index (χ2v) is 7.24. The molecule has 102 valence electrons. The van der Waals surface area contributed by atoms with E-state index < -0.39 is 10.0 Å². The minimum absolute atomic E-state index is 0.259. The van der Waals surface area contributed by atoms with Gasteiger partial charge in [-0.2, -0.15) is 0 Å². The van der Waals surface area contributed by atoms with Gasteiger partial charge in [-0.3, -0.25) is 0 Å². The molecule has 0 saturated carbocycles. The SMILES string of the molecule is Cc1cccc(CCNS(=O)(=O)c2cc(N)cs2)c1. The molecule has 0 fully saturated rings. The molecule has 0 aliphatic heterocycles.